The van der Waals surface area contributed by atoms with Crippen LogP contribution in [0.5, 0.6) is 5.75 Å². The van der Waals surface area contributed by atoms with Gasteiger partial charge in [0.2, 0.25) is 5.91 Å². The average molecular weight is 539 g/mol. The monoisotopic (exact) mass is 538 g/mol. The summed E-state index contributed by atoms with van der Waals surface area (Å²) in [5, 5.41) is 6.39. The molecule has 5 rings (SSSR count). The van der Waals surface area contributed by atoms with Crippen LogP contribution >= 0.6 is 0 Å². The highest BCUT2D eigenvalue weighted by Gasteiger charge is 2.56. The van der Waals surface area contributed by atoms with Crippen molar-refractivity contribution in [3.8, 4) is 5.75 Å². The molecule has 3 fully saturated rings. The quantitative estimate of drug-likeness (QED) is 0.416. The van der Waals surface area contributed by atoms with E-state index in [4.69, 9.17) is 9.26 Å². The molecule has 3 aliphatic rings. The molecule has 1 N–H and O–H groups in total. The molecule has 0 spiro atoms. The standard InChI is InChI=1S/C27H34F4N4O3/c1-15(2)25-33-26(38-34-25)35-8-5-16(6-9-35)20-11-17(20)7-10-37-19-4-3-18(22(28)13-19)12-24(36)32-23-14-21(23)27(29,30)31/h3-4,13,15-17,20-21,23H,5-12,14H2,1-2H3,(H,32,36)/t17-,20-,21?,23?/m1/s1. The topological polar surface area (TPSA) is 80.5 Å². The van der Waals surface area contributed by atoms with Gasteiger partial charge < -0.3 is 19.5 Å². The number of halogens is 4. The molecule has 2 aliphatic carbocycles. The fourth-order valence-electron chi connectivity index (χ4n) is 5.52. The fourth-order valence-corrected chi connectivity index (χ4v) is 5.52. The Morgan fingerprint density at radius 3 is 2.63 bits per heavy atom. The Hall–Kier alpha value is -2.85. The number of hydrogen-bond acceptors (Lipinski definition) is 6. The lowest BCUT2D eigenvalue weighted by Crippen LogP contribution is -2.34. The molecule has 0 bridgehead atoms. The molecule has 1 aromatic heterocycles. The van der Waals surface area contributed by atoms with Crippen LogP contribution in [0.1, 0.15) is 63.3 Å². The molecule has 2 unspecified atom stereocenters. The number of anilines is 1. The number of nitrogens with zero attached hydrogens (tertiary/aromatic N) is 3. The Morgan fingerprint density at radius 2 is 2.00 bits per heavy atom. The number of hydrogen-bond donors (Lipinski definition) is 1. The van der Waals surface area contributed by atoms with Gasteiger partial charge in [0.1, 0.15) is 11.6 Å². The van der Waals surface area contributed by atoms with E-state index in [9.17, 15) is 22.4 Å². The molecule has 11 heteroatoms. The summed E-state index contributed by atoms with van der Waals surface area (Å²) in [6, 6.07) is 4.00. The van der Waals surface area contributed by atoms with Crippen molar-refractivity contribution in [3.05, 3.63) is 35.4 Å². The molecule has 2 aromatic rings. The van der Waals surface area contributed by atoms with E-state index in [-0.39, 0.29) is 24.3 Å². The van der Waals surface area contributed by atoms with Gasteiger partial charge in [-0.15, -0.1) is 0 Å². The van der Waals surface area contributed by atoms with Crippen LogP contribution in [0, 0.1) is 29.5 Å². The van der Waals surface area contributed by atoms with Gasteiger partial charge in [-0.2, -0.15) is 18.2 Å². The van der Waals surface area contributed by atoms with Crippen LogP contribution in [0.2, 0.25) is 0 Å². The molecule has 2 heterocycles. The van der Waals surface area contributed by atoms with Crippen LogP contribution in [0.15, 0.2) is 22.7 Å². The second kappa shape index (κ2) is 10.7. The van der Waals surface area contributed by atoms with Crippen LogP contribution in [-0.4, -0.2) is 48.0 Å². The first-order chi connectivity index (χ1) is 18.1. The van der Waals surface area contributed by atoms with Gasteiger partial charge >= 0.3 is 12.2 Å². The van der Waals surface area contributed by atoms with Crippen molar-refractivity contribution in [1.29, 1.82) is 0 Å². The van der Waals surface area contributed by atoms with Crippen LogP contribution < -0.4 is 15.0 Å². The minimum atomic E-state index is -4.31. The number of alkyl halides is 3. The van der Waals surface area contributed by atoms with E-state index in [1.54, 1.807) is 6.07 Å². The minimum Gasteiger partial charge on any atom is -0.493 e. The maximum Gasteiger partial charge on any atom is 0.393 e. The summed E-state index contributed by atoms with van der Waals surface area (Å²) in [5.41, 5.74) is 0.133. The van der Waals surface area contributed by atoms with E-state index in [1.165, 1.54) is 18.6 Å². The van der Waals surface area contributed by atoms with E-state index in [0.717, 1.165) is 38.2 Å². The number of aromatic nitrogens is 2. The molecular formula is C27H34F4N4O3. The lowest BCUT2D eigenvalue weighted by molar-refractivity contribution is -0.149. The summed E-state index contributed by atoms with van der Waals surface area (Å²) < 4.78 is 63.5. The SMILES string of the molecule is CC(C)c1noc(N2CCC([C@H]3C[C@H]3CCOc3ccc(CC(=O)NC4CC4C(F)(F)F)c(F)c3)CC2)n1. The number of carbonyl (C=O) groups excluding carboxylic acids is 1. The zero-order valence-electron chi connectivity index (χ0n) is 21.6. The largest absolute Gasteiger partial charge is 0.493 e. The zero-order valence-corrected chi connectivity index (χ0v) is 21.6. The van der Waals surface area contributed by atoms with E-state index in [2.05, 4.69) is 20.4 Å². The number of carbonyl (C=O) groups is 1. The van der Waals surface area contributed by atoms with Crippen molar-refractivity contribution < 1.29 is 31.6 Å². The molecule has 7 nitrogen and oxygen atoms in total. The van der Waals surface area contributed by atoms with Gasteiger partial charge in [0, 0.05) is 31.1 Å². The first-order valence-electron chi connectivity index (χ1n) is 13.4. The molecule has 4 atom stereocenters. The molecular weight excluding hydrogens is 504 g/mol. The van der Waals surface area contributed by atoms with Gasteiger partial charge in [0.15, 0.2) is 5.82 Å². The van der Waals surface area contributed by atoms with Crippen molar-refractivity contribution in [3.63, 3.8) is 0 Å². The molecule has 2 saturated carbocycles. The average Bonchev–Trinajstić information content (AvgIpc) is 3.76. The highest BCUT2D eigenvalue weighted by atomic mass is 19.4. The van der Waals surface area contributed by atoms with Crippen molar-refractivity contribution in [2.45, 2.75) is 70.5 Å². The summed E-state index contributed by atoms with van der Waals surface area (Å²) in [7, 11) is 0. The molecule has 1 aromatic carbocycles. The molecule has 0 radical (unpaired) electrons. The van der Waals surface area contributed by atoms with Crippen molar-refractivity contribution >= 4 is 11.9 Å². The van der Waals surface area contributed by atoms with E-state index in [0.29, 0.717) is 36.1 Å². The van der Waals surface area contributed by atoms with Crippen LogP contribution in [0.3, 0.4) is 0 Å². The number of piperidine rings is 1. The third-order valence-electron chi connectivity index (χ3n) is 8.03. The summed E-state index contributed by atoms with van der Waals surface area (Å²) in [4.78, 5) is 18.7. The van der Waals surface area contributed by atoms with Gasteiger partial charge in [-0.1, -0.05) is 25.1 Å². The fraction of sp³-hybridized carbons (Fsp3) is 0.667. The second-order valence-electron chi connectivity index (χ2n) is 11.2. The van der Waals surface area contributed by atoms with Crippen LogP contribution in [0.25, 0.3) is 0 Å². The third-order valence-corrected chi connectivity index (χ3v) is 8.03. The lowest BCUT2D eigenvalue weighted by Gasteiger charge is -2.30. The van der Waals surface area contributed by atoms with E-state index >= 15 is 0 Å². The number of benzene rings is 1. The van der Waals surface area contributed by atoms with E-state index < -0.39 is 29.9 Å². The molecule has 208 valence electrons. The van der Waals surface area contributed by atoms with Crippen LogP contribution in [-0.2, 0) is 11.2 Å². The highest BCUT2D eigenvalue weighted by Crippen LogP contribution is 2.50. The smallest absolute Gasteiger partial charge is 0.393 e. The zero-order chi connectivity index (χ0) is 27.0. The predicted octanol–water partition coefficient (Wildman–Crippen LogP) is 5.26. The Kier molecular flexibility index (Phi) is 7.55. The number of ether oxygens (including phenoxy) is 1. The maximum atomic E-state index is 14.5. The van der Waals surface area contributed by atoms with Crippen molar-refractivity contribution in [1.82, 2.24) is 15.5 Å². The van der Waals surface area contributed by atoms with Gasteiger partial charge in [0.05, 0.1) is 18.9 Å². The summed E-state index contributed by atoms with van der Waals surface area (Å²) in [6.07, 6.45) is -0.455. The second-order valence-corrected chi connectivity index (χ2v) is 11.2. The Morgan fingerprint density at radius 1 is 1.24 bits per heavy atom. The van der Waals surface area contributed by atoms with Crippen molar-refractivity contribution in [2.24, 2.45) is 23.7 Å². The highest BCUT2D eigenvalue weighted by molar-refractivity contribution is 5.79. The first-order valence-corrected chi connectivity index (χ1v) is 13.4. The number of nitrogens with one attached hydrogen (secondary N) is 1. The van der Waals surface area contributed by atoms with E-state index in [1.807, 2.05) is 13.8 Å². The number of amides is 1. The van der Waals surface area contributed by atoms with Gasteiger partial charge in [-0.05, 0) is 61.5 Å². The first kappa shape index (κ1) is 26.7. The predicted molar refractivity (Wildman–Crippen MR) is 131 cm³/mol. The maximum absolute atomic E-state index is 14.5. The molecule has 38 heavy (non-hydrogen) atoms. The molecule has 1 aliphatic heterocycles. The van der Waals surface area contributed by atoms with Gasteiger partial charge in [0.25, 0.3) is 0 Å². The summed E-state index contributed by atoms with van der Waals surface area (Å²) in [5.74, 6) is 0.627. The Labute approximate surface area is 219 Å². The van der Waals surface area contributed by atoms with Gasteiger partial charge in [-0.25, -0.2) is 4.39 Å². The Bertz CT molecular complexity index is 1130. The summed E-state index contributed by atoms with van der Waals surface area (Å²) >= 11 is 0. The molecule has 1 saturated heterocycles. The summed E-state index contributed by atoms with van der Waals surface area (Å²) in [6.45, 7) is 6.40. The van der Waals surface area contributed by atoms with Crippen LogP contribution in [0.4, 0.5) is 23.6 Å². The van der Waals surface area contributed by atoms with Gasteiger partial charge in [-0.3, -0.25) is 4.79 Å². The minimum absolute atomic E-state index is 0.120. The third kappa shape index (κ3) is 6.40. The number of rotatable bonds is 10. The Balaban J connectivity index is 0.998. The van der Waals surface area contributed by atoms with Crippen molar-refractivity contribution in [2.75, 3.05) is 24.6 Å². The normalized spacial score (nSPS) is 25.5. The lowest BCUT2D eigenvalue weighted by atomic mass is 9.90. The molecule has 1 amide bonds.